The maximum Gasteiger partial charge on any atom is 0.205 e. The third-order valence-electron chi connectivity index (χ3n) is 6.37. The van der Waals surface area contributed by atoms with Gasteiger partial charge in [-0.1, -0.05) is 85.6 Å². The first kappa shape index (κ1) is 25.8. The first-order chi connectivity index (χ1) is 18.6. The van der Waals surface area contributed by atoms with E-state index in [-0.39, 0.29) is 19.0 Å². The summed E-state index contributed by atoms with van der Waals surface area (Å²) in [6.07, 6.45) is 2.91. The number of aromatic nitrogens is 6. The molecule has 2 heterocycles. The number of hydrogen-bond donors (Lipinski definition) is 1. The van der Waals surface area contributed by atoms with Crippen molar-refractivity contribution < 1.29 is 9.13 Å². The number of rotatable bonds is 11. The van der Waals surface area contributed by atoms with Crippen molar-refractivity contribution >= 4 is 11.6 Å². The molecule has 0 unspecified atom stereocenters. The van der Waals surface area contributed by atoms with Crippen LogP contribution >= 0.6 is 11.6 Å². The number of hydrogen-bond acceptors (Lipinski definition) is 5. The van der Waals surface area contributed by atoms with Crippen molar-refractivity contribution in [2.45, 2.75) is 45.9 Å². The fourth-order valence-corrected chi connectivity index (χ4v) is 4.68. The minimum atomic E-state index is -0.278. The first-order valence-corrected chi connectivity index (χ1v) is 13.0. The summed E-state index contributed by atoms with van der Waals surface area (Å²) in [5.41, 5.74) is 5.71. The predicted octanol–water partition coefficient (Wildman–Crippen LogP) is 6.63. The molecule has 194 valence electrons. The van der Waals surface area contributed by atoms with Gasteiger partial charge in [-0.3, -0.25) is 0 Å². The standard InChI is InChI=1S/C29H28ClFN6O/c1-2-3-11-27-32-28(30)26(19-38-18-21-7-6-8-23(31)16-21)37(27)17-20-12-14-22(15-13-20)24-9-4-5-10-25(24)29-33-35-36-34-29/h4-10,12-16H,2-3,11,17-19H2,1H3,(H,33,34,35,36). The van der Waals surface area contributed by atoms with Crippen LogP contribution in [-0.4, -0.2) is 30.2 Å². The summed E-state index contributed by atoms with van der Waals surface area (Å²) in [6.45, 7) is 3.34. The van der Waals surface area contributed by atoms with Gasteiger partial charge in [-0.2, -0.15) is 5.21 Å². The van der Waals surface area contributed by atoms with Crippen LogP contribution in [0.1, 0.15) is 42.4 Å². The second kappa shape index (κ2) is 12.1. The van der Waals surface area contributed by atoms with Crippen LogP contribution in [0.3, 0.4) is 0 Å². The molecule has 5 aromatic rings. The average molecular weight is 531 g/mol. The summed E-state index contributed by atoms with van der Waals surface area (Å²) in [6, 6.07) is 22.8. The van der Waals surface area contributed by atoms with Crippen LogP contribution < -0.4 is 0 Å². The van der Waals surface area contributed by atoms with Gasteiger partial charge in [-0.05, 0) is 46.0 Å². The summed E-state index contributed by atoms with van der Waals surface area (Å²) < 4.78 is 21.6. The molecule has 0 aliphatic heterocycles. The second-order valence-electron chi connectivity index (χ2n) is 9.06. The summed E-state index contributed by atoms with van der Waals surface area (Å²) >= 11 is 6.58. The Morgan fingerprint density at radius 2 is 1.76 bits per heavy atom. The molecule has 0 radical (unpaired) electrons. The molecule has 0 saturated heterocycles. The molecule has 38 heavy (non-hydrogen) atoms. The van der Waals surface area contributed by atoms with Gasteiger partial charge in [0.05, 0.1) is 18.9 Å². The molecule has 0 atom stereocenters. The van der Waals surface area contributed by atoms with E-state index in [0.717, 1.165) is 58.6 Å². The summed E-state index contributed by atoms with van der Waals surface area (Å²) in [5.74, 6) is 1.22. The van der Waals surface area contributed by atoms with E-state index in [1.165, 1.54) is 12.1 Å². The Morgan fingerprint density at radius 1 is 0.947 bits per heavy atom. The van der Waals surface area contributed by atoms with Gasteiger partial charge >= 0.3 is 0 Å². The van der Waals surface area contributed by atoms with E-state index < -0.39 is 0 Å². The molecular formula is C29H28ClFN6O. The Kier molecular flexibility index (Phi) is 8.21. The third kappa shape index (κ3) is 5.98. The highest BCUT2D eigenvalue weighted by Crippen LogP contribution is 2.30. The quantitative estimate of drug-likeness (QED) is 0.207. The lowest BCUT2D eigenvalue weighted by Crippen LogP contribution is -2.10. The van der Waals surface area contributed by atoms with Gasteiger partial charge in [0.15, 0.2) is 5.15 Å². The van der Waals surface area contributed by atoms with E-state index >= 15 is 0 Å². The van der Waals surface area contributed by atoms with E-state index in [1.54, 1.807) is 6.07 Å². The van der Waals surface area contributed by atoms with Crippen LogP contribution in [0.2, 0.25) is 5.15 Å². The zero-order valence-corrected chi connectivity index (χ0v) is 21.8. The molecule has 1 N–H and O–H groups in total. The molecule has 0 spiro atoms. The third-order valence-corrected chi connectivity index (χ3v) is 6.67. The first-order valence-electron chi connectivity index (χ1n) is 12.6. The van der Waals surface area contributed by atoms with Crippen LogP contribution in [0.5, 0.6) is 0 Å². The van der Waals surface area contributed by atoms with Crippen LogP contribution in [-0.2, 0) is 30.9 Å². The van der Waals surface area contributed by atoms with Gasteiger partial charge in [0, 0.05) is 18.5 Å². The number of nitrogens with one attached hydrogen (secondary N) is 1. The molecule has 0 bridgehead atoms. The lowest BCUT2D eigenvalue weighted by molar-refractivity contribution is 0.102. The molecule has 0 aliphatic rings. The maximum atomic E-state index is 13.5. The van der Waals surface area contributed by atoms with Crippen molar-refractivity contribution in [2.75, 3.05) is 0 Å². The lowest BCUT2D eigenvalue weighted by Gasteiger charge is -2.14. The van der Waals surface area contributed by atoms with Crippen molar-refractivity contribution in [1.82, 2.24) is 30.2 Å². The number of tetrazole rings is 1. The summed E-state index contributed by atoms with van der Waals surface area (Å²) in [7, 11) is 0. The van der Waals surface area contributed by atoms with Gasteiger partial charge < -0.3 is 9.30 Å². The number of ether oxygens (including phenoxy) is 1. The molecular weight excluding hydrogens is 503 g/mol. The lowest BCUT2D eigenvalue weighted by atomic mass is 9.98. The normalized spacial score (nSPS) is 11.2. The van der Waals surface area contributed by atoms with Crippen LogP contribution in [0.4, 0.5) is 4.39 Å². The molecule has 5 rings (SSSR count). The van der Waals surface area contributed by atoms with E-state index in [4.69, 9.17) is 16.3 Å². The highest BCUT2D eigenvalue weighted by Gasteiger charge is 2.17. The molecule has 0 fully saturated rings. The minimum Gasteiger partial charge on any atom is -0.370 e. The molecule has 9 heteroatoms. The maximum absolute atomic E-state index is 13.5. The fourth-order valence-electron chi connectivity index (χ4n) is 4.43. The molecule has 3 aromatic carbocycles. The van der Waals surface area contributed by atoms with Gasteiger partial charge in [-0.15, -0.1) is 10.2 Å². The van der Waals surface area contributed by atoms with Crippen molar-refractivity contribution in [3.05, 3.63) is 106 Å². The van der Waals surface area contributed by atoms with Crippen molar-refractivity contribution in [2.24, 2.45) is 0 Å². The number of nitrogens with zero attached hydrogens (tertiary/aromatic N) is 5. The number of H-pyrrole nitrogens is 1. The Balaban J connectivity index is 1.37. The van der Waals surface area contributed by atoms with Gasteiger partial charge in [-0.25, -0.2) is 9.37 Å². The predicted molar refractivity (Wildman–Crippen MR) is 145 cm³/mol. The number of halogens is 2. The van der Waals surface area contributed by atoms with Crippen molar-refractivity contribution in [1.29, 1.82) is 0 Å². The van der Waals surface area contributed by atoms with Gasteiger partial charge in [0.1, 0.15) is 11.6 Å². The topological polar surface area (TPSA) is 81.5 Å². The van der Waals surface area contributed by atoms with Gasteiger partial charge in [0.25, 0.3) is 0 Å². The van der Waals surface area contributed by atoms with E-state index in [1.807, 2.05) is 30.3 Å². The Hall–Kier alpha value is -3.88. The minimum absolute atomic E-state index is 0.278. The highest BCUT2D eigenvalue weighted by atomic mass is 35.5. The van der Waals surface area contributed by atoms with E-state index in [9.17, 15) is 4.39 Å². The van der Waals surface area contributed by atoms with Crippen LogP contribution in [0.25, 0.3) is 22.5 Å². The highest BCUT2D eigenvalue weighted by molar-refractivity contribution is 6.30. The fraction of sp³-hybridized carbons (Fsp3) is 0.241. The monoisotopic (exact) mass is 530 g/mol. The van der Waals surface area contributed by atoms with Crippen molar-refractivity contribution in [3.8, 4) is 22.5 Å². The summed E-state index contributed by atoms with van der Waals surface area (Å²) in [4.78, 5) is 4.65. The Labute approximate surface area is 225 Å². The number of benzene rings is 3. The Bertz CT molecular complexity index is 1480. The summed E-state index contributed by atoms with van der Waals surface area (Å²) in [5, 5.41) is 14.9. The Morgan fingerprint density at radius 3 is 2.50 bits per heavy atom. The van der Waals surface area contributed by atoms with Crippen molar-refractivity contribution in [3.63, 3.8) is 0 Å². The molecule has 0 saturated carbocycles. The molecule has 0 amide bonds. The SMILES string of the molecule is CCCCc1nc(Cl)c(COCc2cccc(F)c2)n1Cc1ccc(-c2ccccc2-c2nn[nH]n2)cc1. The number of imidazole rings is 1. The van der Waals surface area contributed by atoms with E-state index in [2.05, 4.69) is 61.4 Å². The molecule has 7 nitrogen and oxygen atoms in total. The average Bonchev–Trinajstić information content (AvgIpc) is 3.57. The molecule has 0 aliphatic carbocycles. The smallest absolute Gasteiger partial charge is 0.205 e. The second-order valence-corrected chi connectivity index (χ2v) is 9.41. The molecule has 2 aromatic heterocycles. The van der Waals surface area contributed by atoms with E-state index in [0.29, 0.717) is 17.5 Å². The van der Waals surface area contributed by atoms with Crippen LogP contribution in [0.15, 0.2) is 72.8 Å². The van der Waals surface area contributed by atoms with Crippen LogP contribution in [0, 0.1) is 5.82 Å². The van der Waals surface area contributed by atoms with Gasteiger partial charge in [0.2, 0.25) is 5.82 Å². The zero-order valence-electron chi connectivity index (χ0n) is 21.1. The number of aryl methyl sites for hydroxylation is 1. The number of aromatic amines is 1. The largest absolute Gasteiger partial charge is 0.370 e. The zero-order chi connectivity index (χ0) is 26.3. The number of unbranched alkanes of at least 4 members (excludes halogenated alkanes) is 1.